The fourth-order valence-corrected chi connectivity index (χ4v) is 3.48. The maximum absolute atomic E-state index is 13.1. The molecule has 1 amide bonds. The van der Waals surface area contributed by atoms with Crippen LogP contribution in [0.1, 0.15) is 37.7 Å². The minimum absolute atomic E-state index is 0.0912. The van der Waals surface area contributed by atoms with Gasteiger partial charge in [0.2, 0.25) is 5.76 Å². The van der Waals surface area contributed by atoms with Crippen molar-refractivity contribution in [2.24, 2.45) is 0 Å². The Labute approximate surface area is 188 Å². The molecule has 0 saturated heterocycles. The van der Waals surface area contributed by atoms with Crippen molar-refractivity contribution >= 4 is 40.4 Å². The molecule has 2 N–H and O–H groups in total. The van der Waals surface area contributed by atoms with Crippen LogP contribution in [0, 0.1) is 0 Å². The van der Waals surface area contributed by atoms with E-state index in [1.807, 2.05) is 48.6 Å². The summed E-state index contributed by atoms with van der Waals surface area (Å²) in [5.74, 6) is -0.510. The number of H-pyrrole nitrogens is 1. The number of fused-ring (bicyclic) bond motifs is 1. The van der Waals surface area contributed by atoms with Gasteiger partial charge >= 0.3 is 0 Å². The highest BCUT2D eigenvalue weighted by molar-refractivity contribution is 6.11. The quantitative estimate of drug-likeness (QED) is 0.358. The second-order valence-corrected chi connectivity index (χ2v) is 7.35. The van der Waals surface area contributed by atoms with Gasteiger partial charge in [-0.1, -0.05) is 59.8 Å². The molecule has 160 valence electrons. The molecular weight excluding hydrogens is 416 g/mol. The molecule has 7 nitrogen and oxygen atoms in total. The second-order valence-electron chi connectivity index (χ2n) is 7.35. The number of benzene rings is 3. The summed E-state index contributed by atoms with van der Waals surface area (Å²) in [6.07, 6.45) is 5.33. The van der Waals surface area contributed by atoms with Crippen LogP contribution in [-0.2, 0) is 0 Å². The van der Waals surface area contributed by atoms with Gasteiger partial charge in [0.1, 0.15) is 0 Å². The van der Waals surface area contributed by atoms with E-state index >= 15 is 0 Å². The Kier molecular flexibility index (Phi) is 5.35. The van der Waals surface area contributed by atoms with E-state index in [4.69, 9.17) is 4.52 Å². The van der Waals surface area contributed by atoms with E-state index in [0.29, 0.717) is 16.8 Å². The first-order chi connectivity index (χ1) is 16.2. The predicted octanol–water partition coefficient (Wildman–Crippen LogP) is 5.20. The summed E-state index contributed by atoms with van der Waals surface area (Å²) in [5, 5.41) is 14.5. The molecule has 0 bridgehead atoms. The summed E-state index contributed by atoms with van der Waals surface area (Å²) in [6, 6.07) is 23.6. The molecule has 5 aromatic rings. The highest BCUT2D eigenvalue weighted by atomic mass is 16.5. The Hall–Kier alpha value is -4.78. The first-order valence-electron chi connectivity index (χ1n) is 10.3. The summed E-state index contributed by atoms with van der Waals surface area (Å²) in [7, 11) is 0. The van der Waals surface area contributed by atoms with Gasteiger partial charge in [0.25, 0.3) is 5.91 Å². The maximum Gasteiger partial charge on any atom is 0.294 e. The summed E-state index contributed by atoms with van der Waals surface area (Å²) < 4.78 is 4.86. The summed E-state index contributed by atoms with van der Waals surface area (Å²) in [4.78, 5) is 25.3. The molecule has 0 unspecified atom stereocenters. The topological polar surface area (TPSA) is 101 Å². The van der Waals surface area contributed by atoms with E-state index in [0.717, 1.165) is 22.2 Å². The average Bonchev–Trinajstić information content (AvgIpc) is 3.53. The van der Waals surface area contributed by atoms with Crippen LogP contribution in [0.5, 0.6) is 0 Å². The van der Waals surface area contributed by atoms with Crippen LogP contribution >= 0.6 is 0 Å². The van der Waals surface area contributed by atoms with E-state index in [9.17, 15) is 9.59 Å². The van der Waals surface area contributed by atoms with Crippen molar-refractivity contribution in [3.05, 3.63) is 113 Å². The van der Waals surface area contributed by atoms with Gasteiger partial charge in [-0.3, -0.25) is 14.7 Å². The van der Waals surface area contributed by atoms with Gasteiger partial charge in [-0.2, -0.15) is 5.10 Å². The molecule has 0 aliphatic carbocycles. The number of aromatic nitrogens is 3. The first-order valence-corrected chi connectivity index (χ1v) is 10.3. The van der Waals surface area contributed by atoms with Crippen LogP contribution in [-0.4, -0.2) is 27.0 Å². The Balaban J connectivity index is 1.36. The standard InChI is InChI=1S/C26H18N4O3/c31-25(18-7-4-8-20(15-18)28-26(32)24-13-14-27-33-24)19-10-11-21-22(29-30-23(21)16-19)12-9-17-5-2-1-3-6-17/h1-16H,(H,28,32)(H,29,30)/b12-9+. The number of hydrogen-bond donors (Lipinski definition) is 2. The predicted molar refractivity (Wildman–Crippen MR) is 126 cm³/mol. The lowest BCUT2D eigenvalue weighted by atomic mass is 10.0. The van der Waals surface area contributed by atoms with Crippen molar-refractivity contribution in [3.63, 3.8) is 0 Å². The van der Waals surface area contributed by atoms with Crippen LogP contribution in [0.15, 0.2) is 89.6 Å². The molecule has 7 heteroatoms. The Morgan fingerprint density at radius 3 is 2.55 bits per heavy atom. The third kappa shape index (κ3) is 4.33. The summed E-state index contributed by atoms with van der Waals surface area (Å²) in [5.41, 5.74) is 4.10. The molecule has 0 radical (unpaired) electrons. The van der Waals surface area contributed by atoms with Gasteiger partial charge in [0.15, 0.2) is 5.78 Å². The molecule has 2 heterocycles. The Morgan fingerprint density at radius 1 is 0.879 bits per heavy atom. The van der Waals surface area contributed by atoms with E-state index < -0.39 is 5.91 Å². The molecule has 0 saturated carbocycles. The van der Waals surface area contributed by atoms with E-state index in [2.05, 4.69) is 20.7 Å². The minimum Gasteiger partial charge on any atom is -0.351 e. The van der Waals surface area contributed by atoms with Crippen molar-refractivity contribution in [2.75, 3.05) is 5.32 Å². The molecule has 0 aliphatic rings. The zero-order valence-electron chi connectivity index (χ0n) is 17.4. The molecule has 33 heavy (non-hydrogen) atoms. The van der Waals surface area contributed by atoms with Crippen LogP contribution < -0.4 is 5.32 Å². The molecule has 0 fully saturated rings. The van der Waals surface area contributed by atoms with Gasteiger partial charge in [-0.15, -0.1) is 0 Å². The van der Waals surface area contributed by atoms with Gasteiger partial charge in [-0.25, -0.2) is 0 Å². The number of carbonyl (C=O) groups is 2. The number of rotatable bonds is 6. The third-order valence-electron chi connectivity index (χ3n) is 5.13. The smallest absolute Gasteiger partial charge is 0.294 e. The van der Waals surface area contributed by atoms with Gasteiger partial charge in [-0.05, 0) is 35.9 Å². The van der Waals surface area contributed by atoms with Crippen molar-refractivity contribution in [1.29, 1.82) is 0 Å². The molecule has 0 aliphatic heterocycles. The number of anilines is 1. The zero-order chi connectivity index (χ0) is 22.6. The zero-order valence-corrected chi connectivity index (χ0v) is 17.4. The van der Waals surface area contributed by atoms with E-state index in [1.165, 1.54) is 12.3 Å². The van der Waals surface area contributed by atoms with Crippen LogP contribution in [0.3, 0.4) is 0 Å². The minimum atomic E-state index is -0.438. The third-order valence-corrected chi connectivity index (χ3v) is 5.13. The fraction of sp³-hybridized carbons (Fsp3) is 0. The number of hydrogen-bond acceptors (Lipinski definition) is 5. The van der Waals surface area contributed by atoms with Crippen molar-refractivity contribution in [3.8, 4) is 0 Å². The molecular formula is C26H18N4O3. The van der Waals surface area contributed by atoms with Crippen LogP contribution in [0.2, 0.25) is 0 Å². The molecule has 5 rings (SSSR count). The van der Waals surface area contributed by atoms with Crippen molar-refractivity contribution in [1.82, 2.24) is 15.4 Å². The van der Waals surface area contributed by atoms with E-state index in [-0.39, 0.29) is 11.5 Å². The number of ketones is 1. The fourth-order valence-electron chi connectivity index (χ4n) is 3.48. The molecule has 3 aromatic carbocycles. The van der Waals surface area contributed by atoms with Crippen molar-refractivity contribution in [2.45, 2.75) is 0 Å². The molecule has 0 atom stereocenters. The highest BCUT2D eigenvalue weighted by Crippen LogP contribution is 2.22. The summed E-state index contributed by atoms with van der Waals surface area (Å²) in [6.45, 7) is 0. The van der Waals surface area contributed by atoms with Gasteiger partial charge < -0.3 is 9.84 Å². The maximum atomic E-state index is 13.1. The SMILES string of the molecule is O=C(c1cccc(NC(=O)c2ccno2)c1)c1ccc2c(/C=C/c3ccccc3)n[nH]c2c1. The first kappa shape index (κ1) is 20.1. The second kappa shape index (κ2) is 8.76. The largest absolute Gasteiger partial charge is 0.351 e. The van der Waals surface area contributed by atoms with Gasteiger partial charge in [0, 0.05) is 28.3 Å². The number of nitrogens with one attached hydrogen (secondary N) is 2. The van der Waals surface area contributed by atoms with Crippen LogP contribution in [0.25, 0.3) is 23.1 Å². The normalized spacial score (nSPS) is 11.2. The lowest BCUT2D eigenvalue weighted by Gasteiger charge is -2.06. The molecule has 2 aromatic heterocycles. The Morgan fingerprint density at radius 2 is 1.73 bits per heavy atom. The van der Waals surface area contributed by atoms with E-state index in [1.54, 1.807) is 36.4 Å². The lowest BCUT2D eigenvalue weighted by molar-refractivity contribution is 0.0986. The Bertz CT molecular complexity index is 1470. The lowest BCUT2D eigenvalue weighted by Crippen LogP contribution is -2.11. The monoisotopic (exact) mass is 434 g/mol. The number of nitrogens with zero attached hydrogens (tertiary/aromatic N) is 2. The number of carbonyl (C=O) groups excluding carboxylic acids is 2. The summed E-state index contributed by atoms with van der Waals surface area (Å²) >= 11 is 0. The number of amides is 1. The molecule has 0 spiro atoms. The van der Waals surface area contributed by atoms with Gasteiger partial charge in [0.05, 0.1) is 17.4 Å². The average molecular weight is 434 g/mol. The van der Waals surface area contributed by atoms with Crippen LogP contribution in [0.4, 0.5) is 5.69 Å². The number of aromatic amines is 1. The highest BCUT2D eigenvalue weighted by Gasteiger charge is 2.14. The van der Waals surface area contributed by atoms with Crippen molar-refractivity contribution < 1.29 is 14.1 Å².